The van der Waals surface area contributed by atoms with Gasteiger partial charge in [-0.2, -0.15) is 0 Å². The van der Waals surface area contributed by atoms with Crippen molar-refractivity contribution in [2.75, 3.05) is 30.4 Å². The molecule has 0 aliphatic carbocycles. The molecule has 0 aromatic heterocycles. The number of carboxylic acid groups (broad SMARTS) is 2. The topological polar surface area (TPSA) is 114 Å². The summed E-state index contributed by atoms with van der Waals surface area (Å²) in [5, 5.41) is 27.4. The number of hydrogen-bond acceptors (Lipinski definition) is 5. The summed E-state index contributed by atoms with van der Waals surface area (Å²) in [7, 11) is 2.00. The standard InChI is InChI=1S/C11H13NO2.C10H11NO2.CN.B.Na/c1-12-7-6-9(11(13)14)8-4-2-3-5-10(8)12;12-10(13)8-5-6-11-9-4-2-1-3-7(8)9;1-2;;/h2-5,9H,6-7H2,1H3,(H,13,14);1-4,8,11H,5-6H2,(H,12,13);;;/q;;-1;;+1. The summed E-state index contributed by atoms with van der Waals surface area (Å²) in [5.41, 5.74) is 3.85. The Balaban J connectivity index is 0.000000508. The van der Waals surface area contributed by atoms with E-state index in [1.165, 1.54) is 0 Å². The zero-order valence-corrected chi connectivity index (χ0v) is 19.8. The van der Waals surface area contributed by atoms with Crippen LogP contribution in [-0.2, 0) is 9.59 Å². The molecule has 0 saturated carbocycles. The predicted molar refractivity (Wildman–Crippen MR) is 115 cm³/mol. The number of carboxylic acids is 2. The normalized spacial score (nSPS) is 17.7. The molecule has 0 bridgehead atoms. The molecule has 0 saturated heterocycles. The molecule has 3 radical (unpaired) electrons. The SMILES string of the molecule is CN1CCC(C(=O)O)c2ccccc21.O=C(O)C1CCNc2ccccc21.[B].[C-]#N.[Na+]. The third kappa shape index (κ3) is 7.03. The minimum atomic E-state index is -0.728. The number of benzene rings is 2. The summed E-state index contributed by atoms with van der Waals surface area (Å²) in [6.07, 6.45) is 1.37. The Labute approximate surface area is 206 Å². The molecule has 0 spiro atoms. The average Bonchev–Trinajstić information content (AvgIpc) is 2.75. The van der Waals surface area contributed by atoms with Crippen molar-refractivity contribution in [1.82, 2.24) is 0 Å². The van der Waals surface area contributed by atoms with E-state index in [0.717, 1.165) is 35.6 Å². The number of carbonyl (C=O) groups is 2. The Morgan fingerprint density at radius 3 is 2.10 bits per heavy atom. The van der Waals surface area contributed by atoms with Crippen molar-refractivity contribution in [3.8, 4) is 0 Å². The van der Waals surface area contributed by atoms with Gasteiger partial charge in [0.2, 0.25) is 0 Å². The number of para-hydroxylation sites is 2. The fourth-order valence-corrected chi connectivity index (χ4v) is 3.71. The first kappa shape index (κ1) is 28.5. The fraction of sp³-hybridized carbons (Fsp3) is 0.318. The van der Waals surface area contributed by atoms with Crippen molar-refractivity contribution >= 4 is 31.7 Å². The molecular formula is C22H24BN3NaO4. The van der Waals surface area contributed by atoms with E-state index in [4.69, 9.17) is 22.0 Å². The first-order chi connectivity index (χ1) is 14.0. The minimum absolute atomic E-state index is 0. The average molecular weight is 428 g/mol. The van der Waals surface area contributed by atoms with Crippen LogP contribution in [0.1, 0.15) is 35.8 Å². The van der Waals surface area contributed by atoms with Gasteiger partial charge in [-0.3, -0.25) is 9.59 Å². The van der Waals surface area contributed by atoms with Crippen molar-refractivity contribution in [2.45, 2.75) is 24.7 Å². The first-order valence-electron chi connectivity index (χ1n) is 9.30. The summed E-state index contributed by atoms with van der Waals surface area (Å²) in [6.45, 7) is 6.31. The van der Waals surface area contributed by atoms with Crippen LogP contribution in [0, 0.1) is 11.8 Å². The van der Waals surface area contributed by atoms with Gasteiger partial charge in [-0.05, 0) is 36.1 Å². The van der Waals surface area contributed by atoms with E-state index in [-0.39, 0.29) is 49.8 Å². The van der Waals surface area contributed by atoms with Gasteiger partial charge in [0, 0.05) is 39.9 Å². The fourth-order valence-electron chi connectivity index (χ4n) is 3.71. The third-order valence-corrected chi connectivity index (χ3v) is 5.16. The zero-order chi connectivity index (χ0) is 21.4. The molecule has 2 atom stereocenters. The molecule has 3 N–H and O–H groups in total. The molecule has 0 fully saturated rings. The number of hydrogen-bond donors (Lipinski definition) is 3. The molecule has 9 heteroatoms. The van der Waals surface area contributed by atoms with Crippen LogP contribution < -0.4 is 39.8 Å². The van der Waals surface area contributed by atoms with Gasteiger partial charge in [0.05, 0.1) is 11.8 Å². The summed E-state index contributed by atoms with van der Waals surface area (Å²) in [4.78, 5) is 24.0. The van der Waals surface area contributed by atoms with Crippen molar-refractivity contribution in [3.63, 3.8) is 0 Å². The number of fused-ring (bicyclic) bond motifs is 2. The second kappa shape index (κ2) is 13.8. The second-order valence-corrected chi connectivity index (χ2v) is 6.85. The van der Waals surface area contributed by atoms with Crippen LogP contribution in [-0.4, -0.2) is 50.7 Å². The van der Waals surface area contributed by atoms with E-state index in [2.05, 4.69) is 10.2 Å². The van der Waals surface area contributed by atoms with Crippen molar-refractivity contribution in [1.29, 1.82) is 5.26 Å². The minimum Gasteiger partial charge on any atom is -0.512 e. The summed E-state index contributed by atoms with van der Waals surface area (Å²) in [5.74, 6) is -2.11. The molecule has 2 aliphatic heterocycles. The molecule has 2 aromatic carbocycles. The number of aliphatic carboxylic acids is 2. The third-order valence-electron chi connectivity index (χ3n) is 5.16. The van der Waals surface area contributed by atoms with Gasteiger partial charge in [-0.25, -0.2) is 0 Å². The summed E-state index contributed by atoms with van der Waals surface area (Å²) < 4.78 is 0. The summed E-state index contributed by atoms with van der Waals surface area (Å²) in [6, 6.07) is 15.3. The van der Waals surface area contributed by atoms with Crippen LogP contribution in [0.3, 0.4) is 0 Å². The maximum absolute atomic E-state index is 11.0. The van der Waals surface area contributed by atoms with Gasteiger partial charge >= 0.3 is 41.5 Å². The zero-order valence-electron chi connectivity index (χ0n) is 17.8. The maximum atomic E-state index is 11.0. The largest absolute Gasteiger partial charge is 1.00 e. The van der Waals surface area contributed by atoms with Gasteiger partial charge in [0.15, 0.2) is 0 Å². The van der Waals surface area contributed by atoms with Gasteiger partial charge in [-0.1, -0.05) is 36.4 Å². The number of rotatable bonds is 2. The molecule has 0 amide bonds. The van der Waals surface area contributed by atoms with Crippen LogP contribution in [0.4, 0.5) is 11.4 Å². The molecule has 4 rings (SSSR count). The van der Waals surface area contributed by atoms with Crippen molar-refractivity contribution < 1.29 is 49.4 Å². The monoisotopic (exact) mass is 428 g/mol. The van der Waals surface area contributed by atoms with Crippen molar-refractivity contribution in [2.24, 2.45) is 0 Å². The number of nitrogens with one attached hydrogen (secondary N) is 1. The van der Waals surface area contributed by atoms with E-state index < -0.39 is 11.9 Å². The van der Waals surface area contributed by atoms with Crippen LogP contribution in [0.15, 0.2) is 48.5 Å². The maximum Gasteiger partial charge on any atom is 1.00 e. The molecule has 155 valence electrons. The van der Waals surface area contributed by atoms with Crippen LogP contribution in [0.5, 0.6) is 0 Å². The van der Waals surface area contributed by atoms with E-state index in [1.807, 2.05) is 55.6 Å². The van der Waals surface area contributed by atoms with Crippen LogP contribution in [0.2, 0.25) is 0 Å². The van der Waals surface area contributed by atoms with Gasteiger partial charge in [-0.15, -0.1) is 0 Å². The van der Waals surface area contributed by atoms with Gasteiger partial charge in [0.1, 0.15) is 0 Å². The van der Waals surface area contributed by atoms with E-state index in [1.54, 1.807) is 0 Å². The summed E-state index contributed by atoms with van der Waals surface area (Å²) >= 11 is 0. The Morgan fingerprint density at radius 2 is 1.48 bits per heavy atom. The molecule has 2 aromatic rings. The van der Waals surface area contributed by atoms with Gasteiger partial charge in [0.25, 0.3) is 0 Å². The number of anilines is 2. The molecule has 2 unspecified atom stereocenters. The number of nitrogens with zero attached hydrogens (tertiary/aromatic N) is 2. The second-order valence-electron chi connectivity index (χ2n) is 6.85. The Morgan fingerprint density at radius 1 is 0.968 bits per heavy atom. The predicted octanol–water partition coefficient (Wildman–Crippen LogP) is 0.0847. The van der Waals surface area contributed by atoms with E-state index in [9.17, 15) is 9.59 Å². The Hall–Kier alpha value is -2.47. The van der Waals surface area contributed by atoms with Crippen LogP contribution >= 0.6 is 0 Å². The molecule has 7 nitrogen and oxygen atoms in total. The van der Waals surface area contributed by atoms with E-state index >= 15 is 0 Å². The van der Waals surface area contributed by atoms with Crippen molar-refractivity contribution in [3.05, 3.63) is 66.2 Å². The smallest absolute Gasteiger partial charge is 0.512 e. The van der Waals surface area contributed by atoms with Crippen LogP contribution in [0.25, 0.3) is 0 Å². The van der Waals surface area contributed by atoms with E-state index in [0.29, 0.717) is 12.8 Å². The Kier molecular flexibility index (Phi) is 12.7. The van der Waals surface area contributed by atoms with Gasteiger partial charge < -0.3 is 32.3 Å². The molecular weight excluding hydrogens is 404 g/mol. The molecule has 2 heterocycles. The molecule has 2 aliphatic rings. The Bertz CT molecular complexity index is 894. The quantitative estimate of drug-likeness (QED) is 0.459. The first-order valence-corrected chi connectivity index (χ1v) is 9.30. The molecule has 31 heavy (non-hydrogen) atoms.